The maximum Gasteiger partial charge on any atom is 0.170 e. The third-order valence-corrected chi connectivity index (χ3v) is 3.50. The Bertz CT molecular complexity index is 697. The summed E-state index contributed by atoms with van der Waals surface area (Å²) in [5.41, 5.74) is 6.94. The largest absolute Gasteiger partial charge is 0.497 e. The minimum absolute atomic E-state index is 0.136. The summed E-state index contributed by atoms with van der Waals surface area (Å²) in [6.07, 6.45) is -0.272. The Morgan fingerprint density at radius 1 is 1.29 bits per heavy atom. The molecule has 0 spiro atoms. The van der Waals surface area contributed by atoms with Crippen LogP contribution in [0.2, 0.25) is 0 Å². The van der Waals surface area contributed by atoms with Gasteiger partial charge in [0.15, 0.2) is 11.5 Å². The van der Waals surface area contributed by atoms with Gasteiger partial charge in [-0.2, -0.15) is 0 Å². The van der Waals surface area contributed by atoms with Gasteiger partial charge in [-0.3, -0.25) is 4.79 Å². The first-order valence-corrected chi connectivity index (χ1v) is 6.51. The van der Waals surface area contributed by atoms with E-state index in [9.17, 15) is 9.18 Å². The molecule has 0 amide bonds. The van der Waals surface area contributed by atoms with Gasteiger partial charge in [0.05, 0.1) is 24.8 Å². The molecule has 1 unspecified atom stereocenters. The van der Waals surface area contributed by atoms with E-state index in [1.807, 2.05) is 12.1 Å². The number of halogens is 1. The summed E-state index contributed by atoms with van der Waals surface area (Å²) in [5.74, 6) is 0.269. The number of nitrogen functional groups attached to an aromatic ring is 1. The molecule has 3 rings (SSSR count). The summed E-state index contributed by atoms with van der Waals surface area (Å²) in [6, 6.07) is 9.59. The quantitative estimate of drug-likeness (QED) is 0.862. The van der Waals surface area contributed by atoms with Gasteiger partial charge in [0.2, 0.25) is 0 Å². The number of methoxy groups -OCH3 is 1. The smallest absolute Gasteiger partial charge is 0.170 e. The Balaban J connectivity index is 1.95. The molecule has 5 heteroatoms. The second-order valence-corrected chi connectivity index (χ2v) is 4.88. The average Bonchev–Trinajstić information content (AvgIpc) is 2.48. The molecule has 1 aliphatic heterocycles. The summed E-state index contributed by atoms with van der Waals surface area (Å²) in [6.45, 7) is 0. The number of anilines is 1. The van der Waals surface area contributed by atoms with Gasteiger partial charge >= 0.3 is 0 Å². The Labute approximate surface area is 121 Å². The monoisotopic (exact) mass is 287 g/mol. The van der Waals surface area contributed by atoms with Crippen LogP contribution in [0.4, 0.5) is 10.1 Å². The van der Waals surface area contributed by atoms with Gasteiger partial charge in [-0.15, -0.1) is 0 Å². The van der Waals surface area contributed by atoms with Gasteiger partial charge in [0.1, 0.15) is 17.7 Å². The number of Topliss-reactive ketones (excluding diaryl/α,β-unsaturated/α-hetero) is 1. The lowest BCUT2D eigenvalue weighted by atomic mass is 9.95. The fraction of sp³-hybridized carbons (Fsp3) is 0.188. The topological polar surface area (TPSA) is 61.5 Å². The first-order valence-electron chi connectivity index (χ1n) is 6.51. The molecule has 0 fully saturated rings. The number of rotatable bonds is 2. The second-order valence-electron chi connectivity index (χ2n) is 4.88. The summed E-state index contributed by atoms with van der Waals surface area (Å²) in [5, 5.41) is 0. The van der Waals surface area contributed by atoms with E-state index >= 15 is 0 Å². The molecule has 0 aromatic heterocycles. The summed E-state index contributed by atoms with van der Waals surface area (Å²) in [4.78, 5) is 12.2. The molecule has 108 valence electrons. The molecular weight excluding hydrogens is 273 g/mol. The van der Waals surface area contributed by atoms with Crippen LogP contribution in [0, 0.1) is 5.82 Å². The summed E-state index contributed by atoms with van der Waals surface area (Å²) >= 11 is 0. The molecule has 0 saturated heterocycles. The predicted octanol–water partition coefficient (Wildman–Crippen LogP) is 3.12. The van der Waals surface area contributed by atoms with Crippen molar-refractivity contribution in [1.82, 2.24) is 0 Å². The molecule has 0 saturated carbocycles. The van der Waals surface area contributed by atoms with Gasteiger partial charge in [-0.25, -0.2) is 4.39 Å². The van der Waals surface area contributed by atoms with Crippen LogP contribution in [0.25, 0.3) is 0 Å². The van der Waals surface area contributed by atoms with Crippen molar-refractivity contribution in [2.24, 2.45) is 0 Å². The molecule has 0 radical (unpaired) electrons. The minimum atomic E-state index is -0.536. The van der Waals surface area contributed by atoms with Crippen molar-refractivity contribution in [2.75, 3.05) is 12.8 Å². The van der Waals surface area contributed by atoms with Crippen molar-refractivity contribution in [2.45, 2.75) is 12.5 Å². The highest BCUT2D eigenvalue weighted by Crippen LogP contribution is 2.39. The van der Waals surface area contributed by atoms with E-state index in [1.165, 1.54) is 0 Å². The van der Waals surface area contributed by atoms with Crippen molar-refractivity contribution in [3.8, 4) is 11.5 Å². The molecule has 0 aliphatic carbocycles. The first-order chi connectivity index (χ1) is 10.1. The normalized spacial score (nSPS) is 17.0. The number of carbonyl (C=O) groups excluding carboxylic acids is 1. The van der Waals surface area contributed by atoms with Crippen LogP contribution in [0.15, 0.2) is 36.4 Å². The Kier molecular flexibility index (Phi) is 3.25. The van der Waals surface area contributed by atoms with Crippen molar-refractivity contribution >= 4 is 11.5 Å². The molecule has 4 nitrogen and oxygen atoms in total. The Hall–Kier alpha value is -2.56. The van der Waals surface area contributed by atoms with Crippen molar-refractivity contribution < 1.29 is 18.7 Å². The highest BCUT2D eigenvalue weighted by molar-refractivity contribution is 6.01. The SMILES string of the molecule is COc1ccc(C2CC(=O)c3cc(F)cc(N)c3O2)cc1. The second kappa shape index (κ2) is 5.09. The van der Waals surface area contributed by atoms with E-state index in [2.05, 4.69) is 0 Å². The van der Waals surface area contributed by atoms with Gasteiger partial charge in [-0.1, -0.05) is 12.1 Å². The lowest BCUT2D eigenvalue weighted by molar-refractivity contribution is 0.0850. The Morgan fingerprint density at radius 2 is 2.00 bits per heavy atom. The summed E-state index contributed by atoms with van der Waals surface area (Å²) in [7, 11) is 1.58. The standard InChI is InChI=1S/C16H14FNO3/c1-20-11-4-2-9(3-5-11)15-8-14(19)12-6-10(17)7-13(18)16(12)21-15/h2-7,15H,8,18H2,1H3. The molecule has 2 aromatic carbocycles. The van der Waals surface area contributed by atoms with Gasteiger partial charge in [0, 0.05) is 6.07 Å². The zero-order valence-corrected chi connectivity index (χ0v) is 11.4. The van der Waals surface area contributed by atoms with E-state index in [4.69, 9.17) is 15.2 Å². The van der Waals surface area contributed by atoms with Crippen molar-refractivity contribution in [3.63, 3.8) is 0 Å². The van der Waals surface area contributed by atoms with E-state index in [0.29, 0.717) is 0 Å². The van der Waals surface area contributed by atoms with E-state index in [1.54, 1.807) is 19.2 Å². The number of nitrogens with two attached hydrogens (primary N) is 1. The average molecular weight is 287 g/mol. The van der Waals surface area contributed by atoms with Crippen LogP contribution in [0.3, 0.4) is 0 Å². The van der Waals surface area contributed by atoms with Crippen LogP contribution in [-0.2, 0) is 0 Å². The number of fused-ring (bicyclic) bond motifs is 1. The van der Waals surface area contributed by atoms with E-state index in [0.717, 1.165) is 23.4 Å². The highest BCUT2D eigenvalue weighted by Gasteiger charge is 2.29. The first kappa shape index (κ1) is 13.4. The molecular formula is C16H14FNO3. The van der Waals surface area contributed by atoms with Crippen LogP contribution in [0.5, 0.6) is 11.5 Å². The number of ketones is 1. The lowest BCUT2D eigenvalue weighted by Gasteiger charge is -2.26. The lowest BCUT2D eigenvalue weighted by Crippen LogP contribution is -2.21. The molecule has 1 atom stereocenters. The van der Waals surface area contributed by atoms with E-state index in [-0.39, 0.29) is 29.2 Å². The Morgan fingerprint density at radius 3 is 2.67 bits per heavy atom. The van der Waals surface area contributed by atoms with Gasteiger partial charge in [-0.05, 0) is 23.8 Å². The minimum Gasteiger partial charge on any atom is -0.497 e. The highest BCUT2D eigenvalue weighted by atomic mass is 19.1. The molecule has 21 heavy (non-hydrogen) atoms. The number of hydrogen-bond donors (Lipinski definition) is 1. The van der Waals surface area contributed by atoms with Crippen molar-refractivity contribution in [1.29, 1.82) is 0 Å². The number of hydrogen-bond acceptors (Lipinski definition) is 4. The van der Waals surface area contributed by atoms with Gasteiger partial charge < -0.3 is 15.2 Å². The van der Waals surface area contributed by atoms with E-state index < -0.39 is 11.9 Å². The molecule has 2 N–H and O–H groups in total. The molecule has 1 heterocycles. The summed E-state index contributed by atoms with van der Waals surface area (Å²) < 4.78 is 24.2. The third kappa shape index (κ3) is 2.42. The maximum absolute atomic E-state index is 13.3. The van der Waals surface area contributed by atoms with Crippen LogP contribution >= 0.6 is 0 Å². The van der Waals surface area contributed by atoms with Crippen LogP contribution < -0.4 is 15.2 Å². The number of benzene rings is 2. The van der Waals surface area contributed by atoms with Crippen molar-refractivity contribution in [3.05, 3.63) is 53.3 Å². The zero-order chi connectivity index (χ0) is 15.0. The zero-order valence-electron chi connectivity index (χ0n) is 11.4. The molecule has 2 aromatic rings. The molecule has 1 aliphatic rings. The maximum atomic E-state index is 13.3. The van der Waals surface area contributed by atoms with Crippen LogP contribution in [-0.4, -0.2) is 12.9 Å². The third-order valence-electron chi connectivity index (χ3n) is 3.50. The van der Waals surface area contributed by atoms with Crippen LogP contribution in [0.1, 0.15) is 28.4 Å². The van der Waals surface area contributed by atoms with Gasteiger partial charge in [0.25, 0.3) is 0 Å². The number of carbonyl (C=O) groups is 1. The fourth-order valence-corrected chi connectivity index (χ4v) is 2.42. The predicted molar refractivity (Wildman–Crippen MR) is 76.1 cm³/mol. The molecule has 0 bridgehead atoms. The fourth-order valence-electron chi connectivity index (χ4n) is 2.42. The number of ether oxygens (including phenoxy) is 2.